The summed E-state index contributed by atoms with van der Waals surface area (Å²) < 4.78 is 0. The molecule has 0 aliphatic rings. The fourth-order valence-corrected chi connectivity index (χ4v) is 1.60. The second-order valence-corrected chi connectivity index (χ2v) is 3.96. The Bertz CT molecular complexity index is 553. The molecule has 1 atom stereocenters. The summed E-state index contributed by atoms with van der Waals surface area (Å²) in [7, 11) is 0. The number of pyridine rings is 1. The maximum Gasteiger partial charge on any atom is 0.287 e. The second-order valence-electron chi connectivity index (χ2n) is 3.96. The van der Waals surface area contributed by atoms with Crippen LogP contribution in [-0.4, -0.2) is 19.9 Å². The number of hydrogen-bond acceptors (Lipinski definition) is 5. The first-order valence-corrected chi connectivity index (χ1v) is 5.45. The highest BCUT2D eigenvalue weighted by Crippen LogP contribution is 2.21. The Morgan fingerprint density at radius 3 is 2.83 bits per heavy atom. The van der Waals surface area contributed by atoms with Gasteiger partial charge in [0.2, 0.25) is 0 Å². The number of anilines is 1. The number of nitrogens with one attached hydrogen (secondary N) is 2. The molecule has 0 amide bonds. The largest absolute Gasteiger partial charge is 0.360 e. The van der Waals surface area contributed by atoms with Crippen molar-refractivity contribution in [2.24, 2.45) is 0 Å². The van der Waals surface area contributed by atoms with Crippen molar-refractivity contribution in [1.82, 2.24) is 15.0 Å². The number of aryl methyl sites for hydroxylation is 1. The molecule has 2 aromatic rings. The SMILES string of the molecule is Cc1cc([N+](=O)[O-])cnc1NC(C)c1ncc[nH]1. The van der Waals surface area contributed by atoms with Gasteiger partial charge in [-0.1, -0.05) is 0 Å². The summed E-state index contributed by atoms with van der Waals surface area (Å²) in [6, 6.07) is 1.44. The van der Waals surface area contributed by atoms with Gasteiger partial charge in [0, 0.05) is 18.5 Å². The van der Waals surface area contributed by atoms with Gasteiger partial charge >= 0.3 is 0 Å². The van der Waals surface area contributed by atoms with E-state index in [1.165, 1.54) is 12.3 Å². The van der Waals surface area contributed by atoms with Crippen LogP contribution in [0.5, 0.6) is 0 Å². The summed E-state index contributed by atoms with van der Waals surface area (Å²) in [6.07, 6.45) is 4.65. The Balaban J connectivity index is 2.17. The first kappa shape index (κ1) is 12.0. The van der Waals surface area contributed by atoms with Crippen LogP contribution in [0.4, 0.5) is 11.5 Å². The van der Waals surface area contributed by atoms with Crippen LogP contribution in [0.15, 0.2) is 24.7 Å². The summed E-state index contributed by atoms with van der Waals surface area (Å²) >= 11 is 0. The van der Waals surface area contributed by atoms with E-state index in [1.54, 1.807) is 19.3 Å². The van der Waals surface area contributed by atoms with E-state index in [1.807, 2.05) is 6.92 Å². The van der Waals surface area contributed by atoms with Crippen molar-refractivity contribution in [3.63, 3.8) is 0 Å². The van der Waals surface area contributed by atoms with Gasteiger partial charge in [-0.25, -0.2) is 9.97 Å². The van der Waals surface area contributed by atoms with Crippen molar-refractivity contribution in [2.45, 2.75) is 19.9 Å². The third-order valence-corrected chi connectivity index (χ3v) is 2.56. The highest BCUT2D eigenvalue weighted by molar-refractivity contribution is 5.49. The summed E-state index contributed by atoms with van der Waals surface area (Å²) in [5.74, 6) is 1.40. The highest BCUT2D eigenvalue weighted by Gasteiger charge is 2.13. The van der Waals surface area contributed by atoms with Gasteiger partial charge in [0.05, 0.1) is 11.0 Å². The summed E-state index contributed by atoms with van der Waals surface area (Å²) in [4.78, 5) is 21.3. The lowest BCUT2D eigenvalue weighted by Crippen LogP contribution is -2.10. The third-order valence-electron chi connectivity index (χ3n) is 2.56. The summed E-state index contributed by atoms with van der Waals surface area (Å²) in [6.45, 7) is 3.71. The van der Waals surface area contributed by atoms with E-state index in [4.69, 9.17) is 0 Å². The van der Waals surface area contributed by atoms with Crippen LogP contribution in [0.3, 0.4) is 0 Å². The minimum Gasteiger partial charge on any atom is -0.360 e. The van der Waals surface area contributed by atoms with Crippen molar-refractivity contribution in [1.29, 1.82) is 0 Å². The smallest absolute Gasteiger partial charge is 0.287 e. The van der Waals surface area contributed by atoms with Crippen molar-refractivity contribution in [3.05, 3.63) is 46.2 Å². The van der Waals surface area contributed by atoms with Crippen LogP contribution >= 0.6 is 0 Å². The molecule has 0 radical (unpaired) electrons. The molecular weight excluding hydrogens is 234 g/mol. The average Bonchev–Trinajstić information content (AvgIpc) is 2.85. The van der Waals surface area contributed by atoms with Crippen LogP contribution in [0.25, 0.3) is 0 Å². The van der Waals surface area contributed by atoms with Crippen molar-refractivity contribution in [2.75, 3.05) is 5.32 Å². The Morgan fingerprint density at radius 1 is 1.50 bits per heavy atom. The minimum atomic E-state index is -0.459. The number of aromatic amines is 1. The van der Waals surface area contributed by atoms with Gasteiger partial charge in [-0.2, -0.15) is 0 Å². The van der Waals surface area contributed by atoms with Crippen LogP contribution in [0.1, 0.15) is 24.4 Å². The molecule has 94 valence electrons. The molecule has 2 N–H and O–H groups in total. The molecule has 0 saturated heterocycles. The topological polar surface area (TPSA) is 96.7 Å². The molecule has 0 aromatic carbocycles. The normalized spacial score (nSPS) is 12.1. The maximum atomic E-state index is 10.6. The lowest BCUT2D eigenvalue weighted by molar-refractivity contribution is -0.385. The third kappa shape index (κ3) is 2.45. The first-order valence-electron chi connectivity index (χ1n) is 5.45. The lowest BCUT2D eigenvalue weighted by atomic mass is 10.2. The molecular formula is C11H13N5O2. The van der Waals surface area contributed by atoms with Gasteiger partial charge in [0.25, 0.3) is 5.69 Å². The van der Waals surface area contributed by atoms with E-state index in [9.17, 15) is 10.1 Å². The van der Waals surface area contributed by atoms with Crippen molar-refractivity contribution < 1.29 is 4.92 Å². The lowest BCUT2D eigenvalue weighted by Gasteiger charge is -2.13. The van der Waals surface area contributed by atoms with Gasteiger partial charge in [-0.05, 0) is 19.4 Å². The molecule has 0 aliphatic heterocycles. The predicted octanol–water partition coefficient (Wildman–Crippen LogP) is 2.19. The standard InChI is InChI=1S/C11H13N5O2/c1-7-5-9(16(17)18)6-14-10(7)15-8(2)11-12-3-4-13-11/h3-6,8H,1-2H3,(H,12,13)(H,14,15). The van der Waals surface area contributed by atoms with Gasteiger partial charge in [0.15, 0.2) is 0 Å². The number of nitrogens with zero attached hydrogens (tertiary/aromatic N) is 3. The van der Waals surface area contributed by atoms with E-state index in [2.05, 4.69) is 20.3 Å². The maximum absolute atomic E-state index is 10.6. The Hall–Kier alpha value is -2.44. The van der Waals surface area contributed by atoms with E-state index in [0.29, 0.717) is 5.82 Å². The summed E-state index contributed by atoms with van der Waals surface area (Å²) in [5.41, 5.74) is 0.714. The van der Waals surface area contributed by atoms with E-state index >= 15 is 0 Å². The Labute approximate surface area is 103 Å². The molecule has 0 spiro atoms. The molecule has 1 unspecified atom stereocenters. The predicted molar refractivity (Wildman–Crippen MR) is 66.3 cm³/mol. The number of hydrogen-bond donors (Lipinski definition) is 2. The fraction of sp³-hybridized carbons (Fsp3) is 0.273. The monoisotopic (exact) mass is 247 g/mol. The van der Waals surface area contributed by atoms with Crippen LogP contribution in [-0.2, 0) is 0 Å². The Kier molecular flexibility index (Phi) is 3.22. The van der Waals surface area contributed by atoms with Gasteiger partial charge < -0.3 is 10.3 Å². The number of rotatable bonds is 4. The van der Waals surface area contributed by atoms with E-state index in [-0.39, 0.29) is 11.7 Å². The average molecular weight is 247 g/mol. The second kappa shape index (κ2) is 4.82. The highest BCUT2D eigenvalue weighted by atomic mass is 16.6. The number of imidazole rings is 1. The van der Waals surface area contributed by atoms with E-state index < -0.39 is 4.92 Å². The Morgan fingerprint density at radius 2 is 2.28 bits per heavy atom. The van der Waals surface area contributed by atoms with Crippen LogP contribution in [0, 0.1) is 17.0 Å². The molecule has 0 saturated carbocycles. The van der Waals surface area contributed by atoms with Gasteiger partial charge in [-0.3, -0.25) is 10.1 Å². The minimum absolute atomic E-state index is 0.0105. The molecule has 0 fully saturated rings. The molecule has 7 nitrogen and oxygen atoms in total. The molecule has 0 aliphatic carbocycles. The zero-order chi connectivity index (χ0) is 13.1. The van der Waals surface area contributed by atoms with Gasteiger partial charge in [0.1, 0.15) is 17.8 Å². The van der Waals surface area contributed by atoms with Crippen molar-refractivity contribution >= 4 is 11.5 Å². The number of nitro groups is 1. The zero-order valence-electron chi connectivity index (χ0n) is 10.0. The number of H-pyrrole nitrogens is 1. The number of aromatic nitrogens is 3. The summed E-state index contributed by atoms with van der Waals surface area (Å²) in [5, 5.41) is 13.8. The van der Waals surface area contributed by atoms with Crippen molar-refractivity contribution in [3.8, 4) is 0 Å². The molecule has 2 aromatic heterocycles. The molecule has 7 heteroatoms. The molecule has 18 heavy (non-hydrogen) atoms. The molecule has 2 rings (SSSR count). The quantitative estimate of drug-likeness (QED) is 0.637. The molecule has 0 bridgehead atoms. The first-order chi connectivity index (χ1) is 8.58. The van der Waals surface area contributed by atoms with Gasteiger partial charge in [-0.15, -0.1) is 0 Å². The fourth-order valence-electron chi connectivity index (χ4n) is 1.60. The van der Waals surface area contributed by atoms with E-state index in [0.717, 1.165) is 11.4 Å². The van der Waals surface area contributed by atoms with Crippen LogP contribution < -0.4 is 5.32 Å². The van der Waals surface area contributed by atoms with Crippen LogP contribution in [0.2, 0.25) is 0 Å². The zero-order valence-corrected chi connectivity index (χ0v) is 10.0. The molecule has 2 heterocycles.